The van der Waals surface area contributed by atoms with Gasteiger partial charge >= 0.3 is 0 Å². The Labute approximate surface area is 241 Å². The molecule has 2 aromatic carbocycles. The summed E-state index contributed by atoms with van der Waals surface area (Å²) in [6.07, 6.45) is 4.82. The maximum atomic E-state index is 12.7. The quantitative estimate of drug-likeness (QED) is 0.391. The van der Waals surface area contributed by atoms with E-state index in [0.29, 0.717) is 0 Å². The highest BCUT2D eigenvalue weighted by molar-refractivity contribution is 7.90. The number of pyridine rings is 1. The van der Waals surface area contributed by atoms with Gasteiger partial charge in [-0.3, -0.25) is 14.7 Å². The van der Waals surface area contributed by atoms with Crippen molar-refractivity contribution in [2.75, 3.05) is 37.6 Å². The van der Waals surface area contributed by atoms with Crippen LogP contribution in [0.15, 0.2) is 83.4 Å². The number of nitrogens with one attached hydrogen (secondary N) is 1. The lowest BCUT2D eigenvalue weighted by atomic mass is 9.72. The highest BCUT2D eigenvalue weighted by Crippen LogP contribution is 2.43. The topological polar surface area (TPSA) is 82.6 Å². The standard InChI is InChI=1S/C31H35ClN4O3S/c1-31(2)15-14-24(28(21-31)23-6-8-25(32)9-7-23)22-35-17-19-36(20-18-35)26-10-12-27(13-11-26)40(38,39)34-30(37)29-5-3-4-16-33-29/h3-13,16H,14-15,17-22H2,1-2H3,(H,34,37). The second kappa shape index (κ2) is 11.7. The Balaban J connectivity index is 1.21. The second-order valence-corrected chi connectivity index (χ2v) is 13.5. The summed E-state index contributed by atoms with van der Waals surface area (Å²) < 4.78 is 27.6. The molecule has 0 bridgehead atoms. The van der Waals surface area contributed by atoms with E-state index in [2.05, 4.69) is 45.5 Å². The zero-order valence-electron chi connectivity index (χ0n) is 22.9. The molecule has 1 N–H and O–H groups in total. The molecule has 2 aliphatic rings. The first-order chi connectivity index (χ1) is 19.1. The third kappa shape index (κ3) is 6.74. The maximum absolute atomic E-state index is 12.7. The van der Waals surface area contributed by atoms with Gasteiger partial charge < -0.3 is 4.90 Å². The van der Waals surface area contributed by atoms with Gasteiger partial charge in [-0.2, -0.15) is 0 Å². The molecule has 5 rings (SSSR count). The Morgan fingerprint density at radius 3 is 2.33 bits per heavy atom. The van der Waals surface area contributed by atoms with Gasteiger partial charge in [0.15, 0.2) is 0 Å². The molecule has 3 aromatic rings. The number of sulfonamides is 1. The van der Waals surface area contributed by atoms with Crippen LogP contribution in [0.4, 0.5) is 5.69 Å². The summed E-state index contributed by atoms with van der Waals surface area (Å²) >= 11 is 6.16. The van der Waals surface area contributed by atoms with Crippen LogP contribution in [-0.4, -0.2) is 56.9 Å². The molecule has 40 heavy (non-hydrogen) atoms. The van der Waals surface area contributed by atoms with Crippen LogP contribution in [0.3, 0.4) is 0 Å². The number of amides is 1. The zero-order chi connectivity index (χ0) is 28.3. The molecule has 7 nitrogen and oxygen atoms in total. The van der Waals surface area contributed by atoms with E-state index in [1.54, 1.807) is 36.4 Å². The summed E-state index contributed by atoms with van der Waals surface area (Å²) in [5.74, 6) is -0.753. The lowest BCUT2D eigenvalue weighted by molar-refractivity contribution is 0.0976. The van der Waals surface area contributed by atoms with Crippen molar-refractivity contribution in [2.45, 2.75) is 38.0 Å². The van der Waals surface area contributed by atoms with E-state index in [1.807, 2.05) is 12.1 Å². The fourth-order valence-corrected chi connectivity index (χ4v) is 6.55. The van der Waals surface area contributed by atoms with E-state index < -0.39 is 15.9 Å². The molecular formula is C31H35ClN4O3S. The van der Waals surface area contributed by atoms with Crippen molar-refractivity contribution in [3.8, 4) is 0 Å². The Morgan fingerprint density at radius 1 is 0.975 bits per heavy atom. The van der Waals surface area contributed by atoms with Crippen molar-refractivity contribution in [1.29, 1.82) is 0 Å². The Kier molecular flexibility index (Phi) is 8.31. The number of carbonyl (C=O) groups is 1. The molecule has 0 unspecified atom stereocenters. The van der Waals surface area contributed by atoms with Gasteiger partial charge in [-0.25, -0.2) is 13.1 Å². The maximum Gasteiger partial charge on any atom is 0.283 e. The Hall–Kier alpha value is -3.20. The summed E-state index contributed by atoms with van der Waals surface area (Å²) in [6.45, 7) is 9.25. The predicted octanol–water partition coefficient (Wildman–Crippen LogP) is 5.64. The highest BCUT2D eigenvalue weighted by Gasteiger charge is 2.29. The van der Waals surface area contributed by atoms with Crippen molar-refractivity contribution in [3.05, 3.63) is 94.8 Å². The fourth-order valence-electron chi connectivity index (χ4n) is 5.46. The SMILES string of the molecule is CC1(C)CCC(CN2CCN(c3ccc(S(=O)(=O)NC(=O)c4ccccn4)cc3)CC2)=C(c2ccc(Cl)cc2)C1. The van der Waals surface area contributed by atoms with Crippen LogP contribution < -0.4 is 9.62 Å². The number of benzene rings is 2. The van der Waals surface area contributed by atoms with Gasteiger partial charge in [0.1, 0.15) is 5.69 Å². The van der Waals surface area contributed by atoms with Gasteiger partial charge in [-0.15, -0.1) is 0 Å². The average molecular weight is 579 g/mol. The molecule has 1 saturated heterocycles. The monoisotopic (exact) mass is 578 g/mol. The van der Waals surface area contributed by atoms with Crippen LogP contribution in [0.1, 0.15) is 49.2 Å². The summed E-state index contributed by atoms with van der Waals surface area (Å²) in [6, 6.07) is 19.7. The molecule has 0 radical (unpaired) electrons. The smallest absolute Gasteiger partial charge is 0.283 e. The van der Waals surface area contributed by atoms with Crippen molar-refractivity contribution in [2.24, 2.45) is 5.41 Å². The van der Waals surface area contributed by atoms with Gasteiger partial charge in [-0.05, 0) is 84.3 Å². The van der Waals surface area contributed by atoms with E-state index in [1.165, 1.54) is 35.4 Å². The number of hydrogen-bond donors (Lipinski definition) is 1. The molecule has 210 valence electrons. The van der Waals surface area contributed by atoms with Crippen molar-refractivity contribution in [3.63, 3.8) is 0 Å². The number of nitrogens with zero attached hydrogens (tertiary/aromatic N) is 3. The fraction of sp³-hybridized carbons (Fsp3) is 0.355. The minimum absolute atomic E-state index is 0.0426. The van der Waals surface area contributed by atoms with Crippen LogP contribution in [0, 0.1) is 5.41 Å². The molecule has 1 aliphatic heterocycles. The van der Waals surface area contributed by atoms with E-state index in [4.69, 9.17) is 11.6 Å². The van der Waals surface area contributed by atoms with Crippen LogP contribution in [0.25, 0.3) is 5.57 Å². The van der Waals surface area contributed by atoms with Gasteiger partial charge in [0.2, 0.25) is 0 Å². The molecule has 1 amide bonds. The molecule has 1 aliphatic carbocycles. The van der Waals surface area contributed by atoms with Crippen LogP contribution >= 0.6 is 11.6 Å². The number of hydrogen-bond acceptors (Lipinski definition) is 6. The molecule has 2 heterocycles. The largest absolute Gasteiger partial charge is 0.369 e. The zero-order valence-corrected chi connectivity index (χ0v) is 24.5. The first kappa shape index (κ1) is 28.3. The second-order valence-electron chi connectivity index (χ2n) is 11.3. The number of carbonyl (C=O) groups excluding carboxylic acids is 1. The van der Waals surface area contributed by atoms with E-state index >= 15 is 0 Å². The summed E-state index contributed by atoms with van der Waals surface area (Å²) in [5, 5.41) is 0.761. The lowest BCUT2D eigenvalue weighted by Crippen LogP contribution is -2.47. The third-order valence-corrected chi connectivity index (χ3v) is 9.40. The predicted molar refractivity (Wildman–Crippen MR) is 160 cm³/mol. The van der Waals surface area contributed by atoms with Gasteiger partial charge in [0.25, 0.3) is 15.9 Å². The highest BCUT2D eigenvalue weighted by atomic mass is 35.5. The Bertz CT molecular complexity index is 1480. The van der Waals surface area contributed by atoms with E-state index in [0.717, 1.165) is 56.3 Å². The summed E-state index contributed by atoms with van der Waals surface area (Å²) in [7, 11) is -4.00. The lowest BCUT2D eigenvalue weighted by Gasteiger charge is -2.39. The molecule has 1 aromatic heterocycles. The number of aromatic nitrogens is 1. The normalized spacial score (nSPS) is 18.0. The molecule has 1 fully saturated rings. The number of rotatable bonds is 7. The molecule has 0 saturated carbocycles. The van der Waals surface area contributed by atoms with Crippen molar-refractivity contribution in [1.82, 2.24) is 14.6 Å². The molecule has 0 spiro atoms. The van der Waals surface area contributed by atoms with E-state index in [9.17, 15) is 13.2 Å². The first-order valence-corrected chi connectivity index (χ1v) is 15.5. The third-order valence-electron chi connectivity index (χ3n) is 7.80. The number of halogens is 1. The Morgan fingerprint density at radius 2 is 1.68 bits per heavy atom. The minimum atomic E-state index is -4.00. The van der Waals surface area contributed by atoms with Gasteiger partial charge in [0.05, 0.1) is 4.90 Å². The van der Waals surface area contributed by atoms with Gasteiger partial charge in [0, 0.05) is 49.6 Å². The average Bonchev–Trinajstić information content (AvgIpc) is 2.95. The molecular weight excluding hydrogens is 544 g/mol. The summed E-state index contributed by atoms with van der Waals surface area (Å²) in [4.78, 5) is 21.0. The minimum Gasteiger partial charge on any atom is -0.369 e. The number of anilines is 1. The first-order valence-electron chi connectivity index (χ1n) is 13.6. The van der Waals surface area contributed by atoms with Crippen molar-refractivity contribution >= 4 is 38.8 Å². The van der Waals surface area contributed by atoms with Crippen molar-refractivity contribution < 1.29 is 13.2 Å². The van der Waals surface area contributed by atoms with E-state index in [-0.39, 0.29) is 16.0 Å². The summed E-state index contributed by atoms with van der Waals surface area (Å²) in [5.41, 5.74) is 5.57. The van der Waals surface area contributed by atoms with Crippen LogP contribution in [-0.2, 0) is 10.0 Å². The van der Waals surface area contributed by atoms with Crippen LogP contribution in [0.5, 0.6) is 0 Å². The van der Waals surface area contributed by atoms with Crippen LogP contribution in [0.2, 0.25) is 5.02 Å². The van der Waals surface area contributed by atoms with Gasteiger partial charge in [-0.1, -0.05) is 49.2 Å². The number of piperazine rings is 1. The molecule has 0 atom stereocenters. The molecule has 9 heteroatoms. The number of allylic oxidation sites excluding steroid dienone is 1.